The Balaban J connectivity index is 1.40. The fourth-order valence-corrected chi connectivity index (χ4v) is 5.61. The Morgan fingerprint density at radius 3 is 2.68 bits per heavy atom. The minimum atomic E-state index is -0.169. The molecule has 0 aromatic carbocycles. The molecule has 3 aliphatic rings. The second-order valence-corrected chi connectivity index (χ2v) is 8.25. The van der Waals surface area contributed by atoms with E-state index in [0.29, 0.717) is 24.4 Å². The summed E-state index contributed by atoms with van der Waals surface area (Å²) in [4.78, 5) is 17.1. The van der Waals surface area contributed by atoms with Gasteiger partial charge in [0.2, 0.25) is 5.91 Å². The quantitative estimate of drug-likeness (QED) is 0.897. The Hall–Kier alpha value is -0.940. The van der Waals surface area contributed by atoms with Crippen LogP contribution >= 0.6 is 11.3 Å². The number of nitrogens with zero attached hydrogens (tertiary/aromatic N) is 1. The van der Waals surface area contributed by atoms with E-state index in [1.54, 1.807) is 11.3 Å². The molecule has 3 heterocycles. The van der Waals surface area contributed by atoms with Crippen LogP contribution in [0, 0.1) is 5.92 Å². The van der Waals surface area contributed by atoms with Crippen LogP contribution in [-0.2, 0) is 10.3 Å². The van der Waals surface area contributed by atoms with Gasteiger partial charge in [-0.2, -0.15) is 0 Å². The molecule has 2 aliphatic heterocycles. The zero-order chi connectivity index (χ0) is 15.0. The lowest BCUT2D eigenvalue weighted by molar-refractivity contribution is -0.124. The van der Waals surface area contributed by atoms with Gasteiger partial charge in [-0.1, -0.05) is 12.8 Å². The van der Waals surface area contributed by atoms with Crippen LogP contribution in [0.15, 0.2) is 11.6 Å². The van der Waals surface area contributed by atoms with Crippen molar-refractivity contribution < 1.29 is 4.79 Å². The van der Waals surface area contributed by atoms with Crippen molar-refractivity contribution in [1.29, 1.82) is 0 Å². The molecule has 4 rings (SSSR count). The van der Waals surface area contributed by atoms with E-state index < -0.39 is 0 Å². The number of hydrogen-bond donors (Lipinski definition) is 2. The van der Waals surface area contributed by atoms with Gasteiger partial charge in [0.05, 0.1) is 5.54 Å². The summed E-state index contributed by atoms with van der Waals surface area (Å²) in [5.74, 6) is 0.803. The lowest BCUT2D eigenvalue weighted by atomic mass is 9.88. The van der Waals surface area contributed by atoms with Gasteiger partial charge in [-0.15, -0.1) is 11.3 Å². The minimum Gasteiger partial charge on any atom is -0.344 e. The maximum atomic E-state index is 12.6. The molecular weight excluding hydrogens is 294 g/mol. The van der Waals surface area contributed by atoms with Crippen molar-refractivity contribution in [3.63, 3.8) is 0 Å². The highest BCUT2D eigenvalue weighted by molar-refractivity contribution is 7.09. The monoisotopic (exact) mass is 319 g/mol. The molecule has 5 heteroatoms. The molecule has 0 radical (unpaired) electrons. The summed E-state index contributed by atoms with van der Waals surface area (Å²) in [5.41, 5.74) is -0.169. The zero-order valence-corrected chi connectivity index (χ0v) is 13.8. The molecule has 2 unspecified atom stereocenters. The first-order valence-electron chi connectivity index (χ1n) is 8.70. The van der Waals surface area contributed by atoms with Gasteiger partial charge in [-0.05, 0) is 44.4 Å². The molecule has 2 saturated heterocycles. The van der Waals surface area contributed by atoms with E-state index in [4.69, 9.17) is 0 Å². The number of nitrogens with one attached hydrogen (secondary N) is 2. The Morgan fingerprint density at radius 2 is 2.05 bits per heavy atom. The maximum Gasteiger partial charge on any atom is 0.221 e. The van der Waals surface area contributed by atoms with Crippen molar-refractivity contribution in [1.82, 2.24) is 15.6 Å². The summed E-state index contributed by atoms with van der Waals surface area (Å²) in [7, 11) is 0. The maximum absolute atomic E-state index is 12.6. The molecule has 1 saturated carbocycles. The fourth-order valence-electron chi connectivity index (χ4n) is 4.75. The van der Waals surface area contributed by atoms with Crippen LogP contribution in [0.1, 0.15) is 62.8 Å². The van der Waals surface area contributed by atoms with E-state index in [1.807, 2.05) is 11.6 Å². The van der Waals surface area contributed by atoms with Crippen LogP contribution in [0.5, 0.6) is 0 Å². The standard InChI is InChI=1S/C17H25N3OS/c21-15(11-12-9-13-3-4-14(10-12)19-13)20-17(5-1-2-6-17)16-18-7-8-22-16/h7-8,12-14,19H,1-6,9-11H2,(H,20,21). The number of aromatic nitrogens is 1. The van der Waals surface area contributed by atoms with E-state index in [0.717, 1.165) is 17.8 Å². The van der Waals surface area contributed by atoms with E-state index in [1.165, 1.54) is 38.5 Å². The van der Waals surface area contributed by atoms with Crippen molar-refractivity contribution in [2.75, 3.05) is 0 Å². The summed E-state index contributed by atoms with van der Waals surface area (Å²) < 4.78 is 0. The molecule has 1 amide bonds. The molecule has 2 bridgehead atoms. The van der Waals surface area contributed by atoms with E-state index in [2.05, 4.69) is 15.6 Å². The third kappa shape index (κ3) is 2.81. The van der Waals surface area contributed by atoms with Gasteiger partial charge in [-0.3, -0.25) is 4.79 Å². The van der Waals surface area contributed by atoms with E-state index in [-0.39, 0.29) is 11.4 Å². The van der Waals surface area contributed by atoms with Gasteiger partial charge in [0.1, 0.15) is 5.01 Å². The minimum absolute atomic E-state index is 0.169. The van der Waals surface area contributed by atoms with Crippen LogP contribution in [0.2, 0.25) is 0 Å². The highest BCUT2D eigenvalue weighted by Crippen LogP contribution is 2.40. The lowest BCUT2D eigenvalue weighted by Crippen LogP contribution is -2.45. The Morgan fingerprint density at radius 1 is 1.32 bits per heavy atom. The molecule has 2 atom stereocenters. The summed E-state index contributed by atoms with van der Waals surface area (Å²) >= 11 is 1.68. The van der Waals surface area contributed by atoms with Gasteiger partial charge in [-0.25, -0.2) is 4.98 Å². The summed E-state index contributed by atoms with van der Waals surface area (Å²) in [6, 6.07) is 1.33. The Bertz CT molecular complexity index is 512. The molecule has 1 aliphatic carbocycles. The number of carbonyl (C=O) groups is 1. The fraction of sp³-hybridized carbons (Fsp3) is 0.765. The molecule has 0 spiro atoms. The third-order valence-corrected chi connectivity index (χ3v) is 6.70. The molecule has 2 N–H and O–H groups in total. The third-order valence-electron chi connectivity index (χ3n) is 5.72. The van der Waals surface area contributed by atoms with Crippen LogP contribution < -0.4 is 10.6 Å². The normalized spacial score (nSPS) is 33.0. The van der Waals surface area contributed by atoms with Gasteiger partial charge in [0, 0.05) is 30.1 Å². The number of fused-ring (bicyclic) bond motifs is 2. The van der Waals surface area contributed by atoms with Crippen molar-refractivity contribution in [3.8, 4) is 0 Å². The molecule has 1 aromatic heterocycles. The molecule has 3 fully saturated rings. The first-order valence-corrected chi connectivity index (χ1v) is 9.58. The highest BCUT2D eigenvalue weighted by Gasteiger charge is 2.40. The van der Waals surface area contributed by atoms with Crippen LogP contribution in [0.3, 0.4) is 0 Å². The van der Waals surface area contributed by atoms with Crippen LogP contribution in [0.25, 0.3) is 0 Å². The number of thiazole rings is 1. The van der Waals surface area contributed by atoms with Crippen molar-refractivity contribution in [3.05, 3.63) is 16.6 Å². The molecular formula is C17H25N3OS. The summed E-state index contributed by atoms with van der Waals surface area (Å²) in [5, 5.41) is 10.2. The second-order valence-electron chi connectivity index (χ2n) is 7.35. The number of hydrogen-bond acceptors (Lipinski definition) is 4. The van der Waals surface area contributed by atoms with Crippen molar-refractivity contribution in [2.24, 2.45) is 5.92 Å². The molecule has 120 valence electrons. The highest BCUT2D eigenvalue weighted by atomic mass is 32.1. The average Bonchev–Trinajstić information content (AvgIpc) is 3.20. The smallest absolute Gasteiger partial charge is 0.221 e. The molecule has 1 aromatic rings. The largest absolute Gasteiger partial charge is 0.344 e. The first kappa shape index (κ1) is 14.6. The Labute approximate surface area is 136 Å². The number of amides is 1. The number of piperidine rings is 1. The summed E-state index contributed by atoms with van der Waals surface area (Å²) in [6.45, 7) is 0. The van der Waals surface area contributed by atoms with Crippen molar-refractivity contribution in [2.45, 2.75) is 75.4 Å². The van der Waals surface area contributed by atoms with Gasteiger partial charge in [0.15, 0.2) is 0 Å². The Kier molecular flexibility index (Phi) is 3.95. The summed E-state index contributed by atoms with van der Waals surface area (Å²) in [6.07, 6.45) is 12.0. The number of rotatable bonds is 4. The van der Waals surface area contributed by atoms with Gasteiger partial charge < -0.3 is 10.6 Å². The predicted molar refractivity (Wildman–Crippen MR) is 87.7 cm³/mol. The SMILES string of the molecule is O=C(CC1CC2CCC(C1)N2)NC1(c2nccs2)CCCC1. The number of carbonyl (C=O) groups excluding carboxylic acids is 1. The van der Waals surface area contributed by atoms with Crippen LogP contribution in [-0.4, -0.2) is 23.0 Å². The molecule has 4 nitrogen and oxygen atoms in total. The van der Waals surface area contributed by atoms with E-state index in [9.17, 15) is 4.79 Å². The van der Waals surface area contributed by atoms with Crippen LogP contribution in [0.4, 0.5) is 0 Å². The lowest BCUT2D eigenvalue weighted by Gasteiger charge is -2.32. The first-order chi connectivity index (χ1) is 10.7. The topological polar surface area (TPSA) is 54.0 Å². The average molecular weight is 319 g/mol. The van der Waals surface area contributed by atoms with E-state index >= 15 is 0 Å². The van der Waals surface area contributed by atoms with Gasteiger partial charge >= 0.3 is 0 Å². The zero-order valence-electron chi connectivity index (χ0n) is 13.0. The van der Waals surface area contributed by atoms with Gasteiger partial charge in [0.25, 0.3) is 0 Å². The molecule has 22 heavy (non-hydrogen) atoms. The predicted octanol–water partition coefficient (Wildman–Crippen LogP) is 2.95. The second kappa shape index (κ2) is 5.93. The van der Waals surface area contributed by atoms with Crippen molar-refractivity contribution >= 4 is 17.2 Å².